The highest BCUT2D eigenvalue weighted by Gasteiger charge is 2.34. The third-order valence-electron chi connectivity index (χ3n) is 4.57. The Labute approximate surface area is 159 Å². The Bertz CT molecular complexity index is 305. The summed E-state index contributed by atoms with van der Waals surface area (Å²) < 4.78 is 11.0. The molecular formula is C17H36IN3O2. The van der Waals surface area contributed by atoms with Crippen LogP contribution in [0.4, 0.5) is 0 Å². The molecule has 0 bridgehead atoms. The van der Waals surface area contributed by atoms with Crippen molar-refractivity contribution in [2.45, 2.75) is 52.4 Å². The first-order valence-electron chi connectivity index (χ1n) is 8.86. The van der Waals surface area contributed by atoms with Crippen LogP contribution in [-0.4, -0.2) is 52.5 Å². The highest BCUT2D eigenvalue weighted by molar-refractivity contribution is 14.0. The predicted octanol–water partition coefficient (Wildman–Crippen LogP) is 3.18. The molecule has 0 aromatic rings. The fourth-order valence-electron chi connectivity index (χ4n) is 2.63. The van der Waals surface area contributed by atoms with Gasteiger partial charge in [-0.15, -0.1) is 24.0 Å². The van der Waals surface area contributed by atoms with Gasteiger partial charge in [-0.05, 0) is 31.1 Å². The van der Waals surface area contributed by atoms with E-state index in [0.29, 0.717) is 25.2 Å². The fraction of sp³-hybridized carbons (Fsp3) is 0.941. The van der Waals surface area contributed by atoms with Crippen LogP contribution in [-0.2, 0) is 9.47 Å². The first-order chi connectivity index (χ1) is 10.8. The standard InChI is InChI=1S/C17H35N3O2.HI/c1-4-6-11-21-13-14-22-12-10-19-16(18-3)20-15-17(5-2)8-7-9-17;/h4-15H2,1-3H3,(H2,18,19,20);1H. The van der Waals surface area contributed by atoms with Crippen molar-refractivity contribution in [3.05, 3.63) is 0 Å². The van der Waals surface area contributed by atoms with Gasteiger partial charge in [0.2, 0.25) is 0 Å². The molecule has 1 fully saturated rings. The lowest BCUT2D eigenvalue weighted by atomic mass is 9.67. The Hall–Kier alpha value is -0.0800. The van der Waals surface area contributed by atoms with Gasteiger partial charge in [0.15, 0.2) is 5.96 Å². The number of ether oxygens (including phenoxy) is 2. The zero-order valence-electron chi connectivity index (χ0n) is 15.2. The number of nitrogens with zero attached hydrogens (tertiary/aromatic N) is 1. The van der Waals surface area contributed by atoms with Crippen LogP contribution in [0.5, 0.6) is 0 Å². The van der Waals surface area contributed by atoms with E-state index < -0.39 is 0 Å². The van der Waals surface area contributed by atoms with Crippen LogP contribution in [0.15, 0.2) is 4.99 Å². The molecule has 0 unspecified atom stereocenters. The Morgan fingerprint density at radius 3 is 2.26 bits per heavy atom. The molecule has 5 nitrogen and oxygen atoms in total. The van der Waals surface area contributed by atoms with Gasteiger partial charge in [0, 0.05) is 26.7 Å². The number of nitrogens with one attached hydrogen (secondary N) is 2. The second-order valence-electron chi connectivity index (χ2n) is 6.14. The molecule has 0 heterocycles. The topological polar surface area (TPSA) is 54.9 Å². The van der Waals surface area contributed by atoms with Gasteiger partial charge in [-0.25, -0.2) is 0 Å². The summed E-state index contributed by atoms with van der Waals surface area (Å²) in [5.74, 6) is 0.877. The first-order valence-corrected chi connectivity index (χ1v) is 8.86. The molecule has 0 spiro atoms. The highest BCUT2D eigenvalue weighted by atomic mass is 127. The van der Waals surface area contributed by atoms with Gasteiger partial charge >= 0.3 is 0 Å². The molecule has 1 rings (SSSR count). The van der Waals surface area contributed by atoms with Crippen LogP contribution in [0.25, 0.3) is 0 Å². The number of unbranched alkanes of at least 4 members (excludes halogenated alkanes) is 1. The molecule has 0 aliphatic heterocycles. The van der Waals surface area contributed by atoms with Crippen LogP contribution >= 0.6 is 24.0 Å². The van der Waals surface area contributed by atoms with E-state index in [4.69, 9.17) is 9.47 Å². The van der Waals surface area contributed by atoms with Crippen LogP contribution in [0.1, 0.15) is 52.4 Å². The van der Waals surface area contributed by atoms with Crippen LogP contribution in [0.2, 0.25) is 0 Å². The normalized spacial score (nSPS) is 16.4. The van der Waals surface area contributed by atoms with Crippen molar-refractivity contribution in [3.8, 4) is 0 Å². The van der Waals surface area contributed by atoms with E-state index >= 15 is 0 Å². The summed E-state index contributed by atoms with van der Waals surface area (Å²) in [6, 6.07) is 0. The van der Waals surface area contributed by atoms with Crippen LogP contribution in [0.3, 0.4) is 0 Å². The maximum Gasteiger partial charge on any atom is 0.191 e. The summed E-state index contributed by atoms with van der Waals surface area (Å²) >= 11 is 0. The zero-order valence-corrected chi connectivity index (χ0v) is 17.5. The van der Waals surface area contributed by atoms with Crippen molar-refractivity contribution >= 4 is 29.9 Å². The quantitative estimate of drug-likeness (QED) is 0.212. The average Bonchev–Trinajstić information content (AvgIpc) is 2.50. The molecule has 0 amide bonds. The van der Waals surface area contributed by atoms with E-state index in [0.717, 1.165) is 32.1 Å². The second kappa shape index (κ2) is 14.3. The zero-order chi connectivity index (χ0) is 16.1. The van der Waals surface area contributed by atoms with E-state index in [1.807, 2.05) is 7.05 Å². The summed E-state index contributed by atoms with van der Waals surface area (Å²) in [5.41, 5.74) is 0.504. The van der Waals surface area contributed by atoms with Crippen LogP contribution in [0, 0.1) is 5.41 Å². The number of aliphatic imine (C=N–C) groups is 1. The molecular weight excluding hydrogens is 405 g/mol. The lowest BCUT2D eigenvalue weighted by Gasteiger charge is -2.41. The Balaban J connectivity index is 0.00000484. The third-order valence-corrected chi connectivity index (χ3v) is 4.57. The molecule has 6 heteroatoms. The first kappa shape index (κ1) is 22.9. The third kappa shape index (κ3) is 9.72. The summed E-state index contributed by atoms with van der Waals surface area (Å²) in [6.45, 7) is 9.11. The van der Waals surface area contributed by atoms with E-state index in [1.165, 1.54) is 32.1 Å². The second-order valence-corrected chi connectivity index (χ2v) is 6.14. The molecule has 1 aliphatic carbocycles. The Morgan fingerprint density at radius 2 is 1.74 bits per heavy atom. The van der Waals surface area contributed by atoms with Gasteiger partial charge in [-0.2, -0.15) is 0 Å². The monoisotopic (exact) mass is 441 g/mol. The number of hydrogen-bond acceptors (Lipinski definition) is 3. The van der Waals surface area contributed by atoms with Crippen molar-refractivity contribution in [2.75, 3.05) is 46.6 Å². The minimum Gasteiger partial charge on any atom is -0.379 e. The number of hydrogen-bond donors (Lipinski definition) is 2. The fourth-order valence-corrected chi connectivity index (χ4v) is 2.63. The minimum absolute atomic E-state index is 0. The van der Waals surface area contributed by atoms with Crippen molar-refractivity contribution in [1.82, 2.24) is 10.6 Å². The molecule has 0 aromatic heterocycles. The molecule has 0 radical (unpaired) electrons. The SMILES string of the molecule is CCCCOCCOCCNC(=NC)NCC1(CC)CCC1.I. The largest absolute Gasteiger partial charge is 0.379 e. The molecule has 1 aliphatic rings. The van der Waals surface area contributed by atoms with Gasteiger partial charge in [0.05, 0.1) is 19.8 Å². The van der Waals surface area contributed by atoms with Gasteiger partial charge in [-0.3, -0.25) is 4.99 Å². The van der Waals surface area contributed by atoms with E-state index in [1.54, 1.807) is 0 Å². The molecule has 0 saturated heterocycles. The highest BCUT2D eigenvalue weighted by Crippen LogP contribution is 2.42. The van der Waals surface area contributed by atoms with Crippen molar-refractivity contribution in [3.63, 3.8) is 0 Å². The average molecular weight is 441 g/mol. The molecule has 0 atom stereocenters. The van der Waals surface area contributed by atoms with Crippen molar-refractivity contribution in [1.29, 1.82) is 0 Å². The number of guanidine groups is 1. The summed E-state index contributed by atoms with van der Waals surface area (Å²) in [7, 11) is 1.82. The van der Waals surface area contributed by atoms with Gasteiger partial charge in [-0.1, -0.05) is 26.7 Å². The van der Waals surface area contributed by atoms with Crippen molar-refractivity contribution in [2.24, 2.45) is 10.4 Å². The van der Waals surface area contributed by atoms with Gasteiger partial charge in [0.1, 0.15) is 0 Å². The molecule has 2 N–H and O–H groups in total. The predicted molar refractivity (Wildman–Crippen MR) is 108 cm³/mol. The summed E-state index contributed by atoms with van der Waals surface area (Å²) in [5, 5.41) is 6.75. The molecule has 1 saturated carbocycles. The smallest absolute Gasteiger partial charge is 0.191 e. The summed E-state index contributed by atoms with van der Waals surface area (Å²) in [6.07, 6.45) is 7.61. The molecule has 23 heavy (non-hydrogen) atoms. The van der Waals surface area contributed by atoms with E-state index in [9.17, 15) is 0 Å². The number of halogens is 1. The Kier molecular flexibility index (Phi) is 14.2. The number of rotatable bonds is 12. The maximum absolute atomic E-state index is 5.54. The van der Waals surface area contributed by atoms with E-state index in [2.05, 4.69) is 29.5 Å². The van der Waals surface area contributed by atoms with Crippen LogP contribution < -0.4 is 10.6 Å². The molecule has 138 valence electrons. The molecule has 0 aromatic carbocycles. The maximum atomic E-state index is 5.54. The Morgan fingerprint density at radius 1 is 1.04 bits per heavy atom. The summed E-state index contributed by atoms with van der Waals surface area (Å²) in [4.78, 5) is 4.27. The lowest BCUT2D eigenvalue weighted by Crippen LogP contribution is -2.46. The van der Waals surface area contributed by atoms with Gasteiger partial charge < -0.3 is 20.1 Å². The van der Waals surface area contributed by atoms with Crippen molar-refractivity contribution < 1.29 is 9.47 Å². The van der Waals surface area contributed by atoms with E-state index in [-0.39, 0.29) is 24.0 Å². The van der Waals surface area contributed by atoms with Gasteiger partial charge in [0.25, 0.3) is 0 Å². The lowest BCUT2D eigenvalue weighted by molar-refractivity contribution is 0.0487. The minimum atomic E-state index is 0.